The van der Waals surface area contributed by atoms with Gasteiger partial charge in [0.15, 0.2) is 0 Å². The fraction of sp³-hybridized carbons (Fsp3) is 0.350. The van der Waals surface area contributed by atoms with E-state index in [1.807, 2.05) is 31.2 Å². The standard InChI is InChI=1S/C40H47N9O7S/c1-25-22-42-39(47-36(25)43-27-9-5-10-29(21-27)57(54,55)48-40(2,3)4)44-26-15-17-28(18-16-26)56-20-8-19-41-23-35(51)45-32-12-6-11-30-31(32)24-49(38(30)53)33-13-7-14-34(50)46-37(33)52/h5-6,9-12,15-18,21-22,33,41,48H,7-8,13-14,19-20,23-24H2,1-4H3,(H,45,51)(H,46,50,52)(H2,42,43,44,47). The highest BCUT2D eigenvalue weighted by molar-refractivity contribution is 7.89. The number of fused-ring (bicyclic) bond motifs is 1. The molecular formula is C40H47N9O7S. The summed E-state index contributed by atoms with van der Waals surface area (Å²) in [6, 6.07) is 18.2. The second-order valence-corrected chi connectivity index (χ2v) is 16.6. The number of rotatable bonds is 15. The number of sulfonamides is 1. The highest BCUT2D eigenvalue weighted by atomic mass is 32.2. The van der Waals surface area contributed by atoms with Crippen molar-refractivity contribution in [1.82, 2.24) is 30.2 Å². The molecule has 1 saturated heterocycles. The Bertz CT molecular complexity index is 2260. The minimum Gasteiger partial charge on any atom is -0.494 e. The van der Waals surface area contributed by atoms with Crippen LogP contribution >= 0.6 is 0 Å². The van der Waals surface area contributed by atoms with Gasteiger partial charge in [-0.15, -0.1) is 0 Å². The van der Waals surface area contributed by atoms with Crippen LogP contribution in [0.15, 0.2) is 77.8 Å². The van der Waals surface area contributed by atoms with E-state index in [9.17, 15) is 27.6 Å². The molecule has 4 aromatic rings. The van der Waals surface area contributed by atoms with Gasteiger partial charge in [-0.3, -0.25) is 24.5 Å². The Morgan fingerprint density at radius 2 is 1.77 bits per heavy atom. The summed E-state index contributed by atoms with van der Waals surface area (Å²) < 4.78 is 34.2. The van der Waals surface area contributed by atoms with Gasteiger partial charge in [-0.1, -0.05) is 12.1 Å². The van der Waals surface area contributed by atoms with E-state index in [1.165, 1.54) is 11.0 Å². The number of aryl methyl sites for hydroxylation is 1. The monoisotopic (exact) mass is 797 g/mol. The fourth-order valence-corrected chi connectivity index (χ4v) is 7.87. The molecule has 1 unspecified atom stereocenters. The molecule has 1 aromatic heterocycles. The second kappa shape index (κ2) is 17.5. The third kappa shape index (κ3) is 10.7. The van der Waals surface area contributed by atoms with Crippen LogP contribution < -0.4 is 36.0 Å². The lowest BCUT2D eigenvalue weighted by Crippen LogP contribution is -2.46. The van der Waals surface area contributed by atoms with Gasteiger partial charge < -0.3 is 30.9 Å². The van der Waals surface area contributed by atoms with Crippen LogP contribution in [0.4, 0.5) is 28.8 Å². The van der Waals surface area contributed by atoms with Crippen molar-refractivity contribution < 1.29 is 32.3 Å². The van der Waals surface area contributed by atoms with Crippen LogP contribution in [-0.4, -0.2) is 78.2 Å². The van der Waals surface area contributed by atoms with Crippen molar-refractivity contribution in [2.24, 2.45) is 0 Å². The van der Waals surface area contributed by atoms with Gasteiger partial charge in [-0.2, -0.15) is 4.98 Å². The van der Waals surface area contributed by atoms with Crippen molar-refractivity contribution in [2.45, 2.75) is 76.4 Å². The Kier molecular flexibility index (Phi) is 12.5. The average molecular weight is 798 g/mol. The number of carbonyl (C=O) groups is 4. The van der Waals surface area contributed by atoms with Crippen LogP contribution in [-0.2, 0) is 31.0 Å². The number of benzene rings is 3. The minimum atomic E-state index is -3.71. The molecule has 17 heteroatoms. The van der Waals surface area contributed by atoms with Crippen LogP contribution in [0.25, 0.3) is 0 Å². The highest BCUT2D eigenvalue weighted by Crippen LogP contribution is 2.32. The third-order valence-electron chi connectivity index (χ3n) is 9.07. The van der Waals surface area contributed by atoms with Crippen LogP contribution in [0.1, 0.15) is 67.9 Å². The topological polar surface area (TPSA) is 213 Å². The molecule has 0 saturated carbocycles. The lowest BCUT2D eigenvalue weighted by atomic mass is 10.1. The molecule has 300 valence electrons. The van der Waals surface area contributed by atoms with Crippen LogP contribution in [0, 0.1) is 6.92 Å². The van der Waals surface area contributed by atoms with Crippen molar-refractivity contribution in [3.05, 3.63) is 89.6 Å². The molecular weight excluding hydrogens is 751 g/mol. The number of hydrogen-bond donors (Lipinski definition) is 6. The molecule has 1 atom stereocenters. The van der Waals surface area contributed by atoms with Crippen LogP contribution in [0.5, 0.6) is 5.75 Å². The summed E-state index contributed by atoms with van der Waals surface area (Å²) in [7, 11) is -3.71. The van der Waals surface area contributed by atoms with E-state index in [0.29, 0.717) is 72.4 Å². The summed E-state index contributed by atoms with van der Waals surface area (Å²) in [5, 5.41) is 14.7. The van der Waals surface area contributed by atoms with Crippen molar-refractivity contribution in [3.8, 4) is 5.75 Å². The Morgan fingerprint density at radius 1 is 1.00 bits per heavy atom. The lowest BCUT2D eigenvalue weighted by Gasteiger charge is -2.24. The lowest BCUT2D eigenvalue weighted by molar-refractivity contribution is -0.132. The van der Waals surface area contributed by atoms with Crippen molar-refractivity contribution in [1.29, 1.82) is 0 Å². The number of aromatic nitrogens is 2. The van der Waals surface area contributed by atoms with Gasteiger partial charge in [0.25, 0.3) is 5.91 Å². The van der Waals surface area contributed by atoms with E-state index in [2.05, 4.69) is 41.3 Å². The molecule has 4 amide bonds. The number of anilines is 5. The van der Waals surface area contributed by atoms with E-state index < -0.39 is 27.5 Å². The first kappa shape index (κ1) is 40.7. The summed E-state index contributed by atoms with van der Waals surface area (Å²) in [5.74, 6) is 0.144. The smallest absolute Gasteiger partial charge is 0.255 e. The number of nitrogens with one attached hydrogen (secondary N) is 6. The molecule has 16 nitrogen and oxygen atoms in total. The van der Waals surface area contributed by atoms with Gasteiger partial charge in [-0.05, 0) is 108 Å². The van der Waals surface area contributed by atoms with E-state index in [-0.39, 0.29) is 42.1 Å². The summed E-state index contributed by atoms with van der Waals surface area (Å²) in [6.45, 7) is 8.36. The molecule has 2 aliphatic rings. The van der Waals surface area contributed by atoms with Crippen molar-refractivity contribution >= 4 is 62.5 Å². The molecule has 0 spiro atoms. The molecule has 0 aliphatic carbocycles. The first-order valence-electron chi connectivity index (χ1n) is 18.7. The summed E-state index contributed by atoms with van der Waals surface area (Å²) in [6.07, 6.45) is 3.45. The maximum absolute atomic E-state index is 13.2. The molecule has 6 N–H and O–H groups in total. The molecule has 6 rings (SSSR count). The zero-order chi connectivity index (χ0) is 40.7. The molecule has 1 fully saturated rings. The van der Waals surface area contributed by atoms with Crippen molar-refractivity contribution in [3.63, 3.8) is 0 Å². The predicted octanol–water partition coefficient (Wildman–Crippen LogP) is 4.50. The Labute approximate surface area is 331 Å². The number of amides is 4. The van der Waals surface area contributed by atoms with Crippen LogP contribution in [0.2, 0.25) is 0 Å². The maximum atomic E-state index is 13.2. The normalized spacial score (nSPS) is 15.8. The Balaban J connectivity index is 0.930. The molecule has 3 heterocycles. The number of carbonyl (C=O) groups excluding carboxylic acids is 4. The molecule has 0 radical (unpaired) electrons. The number of imide groups is 1. The molecule has 57 heavy (non-hydrogen) atoms. The average Bonchev–Trinajstić information content (AvgIpc) is 3.38. The summed E-state index contributed by atoms with van der Waals surface area (Å²) >= 11 is 0. The largest absolute Gasteiger partial charge is 0.494 e. The van der Waals surface area contributed by atoms with E-state index in [4.69, 9.17) is 4.74 Å². The van der Waals surface area contributed by atoms with Gasteiger partial charge >= 0.3 is 0 Å². The third-order valence-corrected chi connectivity index (χ3v) is 10.8. The zero-order valence-electron chi connectivity index (χ0n) is 32.3. The van der Waals surface area contributed by atoms with E-state index in [1.54, 1.807) is 63.4 Å². The summed E-state index contributed by atoms with van der Waals surface area (Å²) in [5.41, 5.74) is 3.03. The van der Waals surface area contributed by atoms with Gasteiger partial charge in [0, 0.05) is 58.5 Å². The SMILES string of the molecule is Cc1cnc(Nc2ccc(OCCCNCC(=O)Nc3cccc4c3CN(C3CCCC(=O)NC3=O)C4=O)cc2)nc1Nc1cccc(S(=O)(=O)NC(C)(C)C)c1. The maximum Gasteiger partial charge on any atom is 0.255 e. The van der Waals surface area contributed by atoms with Gasteiger partial charge in [-0.25, -0.2) is 18.1 Å². The first-order chi connectivity index (χ1) is 27.1. The molecule has 0 bridgehead atoms. The minimum absolute atomic E-state index is 0.0520. The molecule has 3 aromatic carbocycles. The quantitative estimate of drug-likeness (QED) is 0.0726. The Morgan fingerprint density at radius 3 is 2.54 bits per heavy atom. The number of nitrogens with zero attached hydrogens (tertiary/aromatic N) is 3. The van der Waals surface area contributed by atoms with Crippen LogP contribution in [0.3, 0.4) is 0 Å². The van der Waals surface area contributed by atoms with Gasteiger partial charge in [0.2, 0.25) is 33.7 Å². The fourth-order valence-electron chi connectivity index (χ4n) is 6.41. The van der Waals surface area contributed by atoms with E-state index in [0.717, 1.165) is 11.3 Å². The van der Waals surface area contributed by atoms with E-state index >= 15 is 0 Å². The molecule has 2 aliphatic heterocycles. The number of ether oxygens (including phenoxy) is 1. The second-order valence-electron chi connectivity index (χ2n) is 14.9. The zero-order valence-corrected chi connectivity index (χ0v) is 33.1. The Hall–Kier alpha value is -5.91. The highest BCUT2D eigenvalue weighted by Gasteiger charge is 2.39. The van der Waals surface area contributed by atoms with Crippen molar-refractivity contribution in [2.75, 3.05) is 35.6 Å². The predicted molar refractivity (Wildman–Crippen MR) is 215 cm³/mol. The van der Waals surface area contributed by atoms with Gasteiger partial charge in [0.05, 0.1) is 18.0 Å². The summed E-state index contributed by atoms with van der Waals surface area (Å²) in [4.78, 5) is 60.9. The first-order valence-corrected chi connectivity index (χ1v) is 20.2. The number of hydrogen-bond acceptors (Lipinski definition) is 12. The van der Waals surface area contributed by atoms with Gasteiger partial charge in [0.1, 0.15) is 17.6 Å².